The van der Waals surface area contributed by atoms with Gasteiger partial charge in [0.2, 0.25) is 11.8 Å². The maximum atomic E-state index is 12.3. The van der Waals surface area contributed by atoms with Crippen LogP contribution in [0.15, 0.2) is 28.7 Å². The molecule has 0 aromatic heterocycles. The number of methoxy groups -OCH3 is 1. The van der Waals surface area contributed by atoms with E-state index in [2.05, 4.69) is 21.2 Å². The fraction of sp³-hybridized carbons (Fsp3) is 0.467. The van der Waals surface area contributed by atoms with Crippen molar-refractivity contribution in [2.75, 3.05) is 13.7 Å². The Hall–Kier alpha value is -1.20. The van der Waals surface area contributed by atoms with Crippen LogP contribution in [0.25, 0.3) is 0 Å². The minimum absolute atomic E-state index is 0.220. The minimum atomic E-state index is -0.470. The lowest BCUT2D eigenvalue weighted by molar-refractivity contribution is -0.142. The molecule has 1 aliphatic heterocycles. The Labute approximate surface area is 127 Å². The second kappa shape index (κ2) is 6.06. The van der Waals surface area contributed by atoms with Gasteiger partial charge in [-0.05, 0) is 24.1 Å². The molecule has 1 aromatic carbocycles. The van der Waals surface area contributed by atoms with Crippen LogP contribution in [0.4, 0.5) is 0 Å². The van der Waals surface area contributed by atoms with Gasteiger partial charge in [-0.15, -0.1) is 0 Å². The van der Waals surface area contributed by atoms with Crippen LogP contribution in [0.3, 0.4) is 0 Å². The number of benzene rings is 1. The largest absolute Gasteiger partial charge is 0.384 e. The zero-order chi connectivity index (χ0) is 14.8. The first-order valence-electron chi connectivity index (χ1n) is 6.60. The molecular formula is C15H18BrNO3. The number of hydrogen-bond donors (Lipinski definition) is 1. The molecular weight excluding hydrogens is 322 g/mol. The van der Waals surface area contributed by atoms with E-state index in [9.17, 15) is 9.59 Å². The molecule has 20 heavy (non-hydrogen) atoms. The number of amides is 2. The molecule has 1 N–H and O–H groups in total. The van der Waals surface area contributed by atoms with Crippen molar-refractivity contribution in [2.24, 2.45) is 5.41 Å². The average molecular weight is 340 g/mol. The average Bonchev–Trinajstić information content (AvgIpc) is 2.40. The third kappa shape index (κ3) is 2.79. The number of rotatable bonds is 4. The molecule has 1 aromatic rings. The molecule has 5 heteroatoms. The second-order valence-corrected chi connectivity index (χ2v) is 6.14. The number of piperidine rings is 1. The van der Waals surface area contributed by atoms with Crippen LogP contribution in [-0.4, -0.2) is 25.5 Å². The monoisotopic (exact) mass is 339 g/mol. The summed E-state index contributed by atoms with van der Waals surface area (Å²) in [6, 6.07) is 7.66. The summed E-state index contributed by atoms with van der Waals surface area (Å²) in [6.45, 7) is 2.39. The first kappa shape index (κ1) is 15.2. The van der Waals surface area contributed by atoms with Gasteiger partial charge in [-0.3, -0.25) is 14.9 Å². The fourth-order valence-electron chi connectivity index (χ4n) is 2.97. The van der Waals surface area contributed by atoms with Crippen LogP contribution in [0.1, 0.15) is 31.2 Å². The normalized spacial score (nSPS) is 26.4. The van der Waals surface area contributed by atoms with Gasteiger partial charge in [0.05, 0.1) is 12.5 Å². The molecule has 0 saturated carbocycles. The molecule has 0 aliphatic carbocycles. The zero-order valence-corrected chi connectivity index (χ0v) is 13.2. The van der Waals surface area contributed by atoms with E-state index in [4.69, 9.17) is 4.74 Å². The first-order chi connectivity index (χ1) is 9.52. The Morgan fingerprint density at radius 1 is 1.35 bits per heavy atom. The highest BCUT2D eigenvalue weighted by Crippen LogP contribution is 2.44. The number of carbonyl (C=O) groups is 2. The number of nitrogens with one attached hydrogen (secondary N) is 1. The summed E-state index contributed by atoms with van der Waals surface area (Å²) < 4.78 is 6.27. The van der Waals surface area contributed by atoms with Crippen LogP contribution in [0.2, 0.25) is 0 Å². The Kier molecular flexibility index (Phi) is 4.60. The van der Waals surface area contributed by atoms with Gasteiger partial charge >= 0.3 is 0 Å². The van der Waals surface area contributed by atoms with E-state index in [1.54, 1.807) is 7.11 Å². The van der Waals surface area contributed by atoms with Crippen LogP contribution in [0, 0.1) is 5.41 Å². The van der Waals surface area contributed by atoms with Gasteiger partial charge in [0.15, 0.2) is 0 Å². The van der Waals surface area contributed by atoms with Crippen molar-refractivity contribution < 1.29 is 14.3 Å². The molecule has 1 heterocycles. The van der Waals surface area contributed by atoms with Gasteiger partial charge in [0.1, 0.15) is 0 Å². The van der Waals surface area contributed by atoms with Crippen molar-refractivity contribution in [3.05, 3.63) is 34.3 Å². The van der Waals surface area contributed by atoms with Gasteiger partial charge in [-0.1, -0.05) is 35.0 Å². The van der Waals surface area contributed by atoms with Gasteiger partial charge in [0.25, 0.3) is 0 Å². The van der Waals surface area contributed by atoms with Crippen molar-refractivity contribution in [2.45, 2.75) is 25.7 Å². The predicted molar refractivity (Wildman–Crippen MR) is 79.2 cm³/mol. The third-order valence-electron chi connectivity index (χ3n) is 3.99. The first-order valence-corrected chi connectivity index (χ1v) is 7.40. The molecule has 2 unspecified atom stereocenters. The molecule has 1 saturated heterocycles. The minimum Gasteiger partial charge on any atom is -0.384 e. The molecule has 2 amide bonds. The molecule has 0 bridgehead atoms. The van der Waals surface area contributed by atoms with Crippen LogP contribution in [0.5, 0.6) is 0 Å². The zero-order valence-electron chi connectivity index (χ0n) is 11.6. The number of hydrogen-bond acceptors (Lipinski definition) is 3. The summed E-state index contributed by atoms with van der Waals surface area (Å²) in [6.07, 6.45) is 1.02. The van der Waals surface area contributed by atoms with Crippen molar-refractivity contribution in [1.29, 1.82) is 0 Å². The second-order valence-electron chi connectivity index (χ2n) is 5.22. The van der Waals surface area contributed by atoms with E-state index in [0.29, 0.717) is 19.4 Å². The molecule has 1 fully saturated rings. The maximum absolute atomic E-state index is 12.3. The van der Waals surface area contributed by atoms with Crippen molar-refractivity contribution in [3.63, 3.8) is 0 Å². The molecule has 2 atom stereocenters. The Morgan fingerprint density at radius 3 is 2.55 bits per heavy atom. The lowest BCUT2D eigenvalue weighted by Gasteiger charge is -2.41. The molecule has 0 spiro atoms. The van der Waals surface area contributed by atoms with E-state index < -0.39 is 5.41 Å². The maximum Gasteiger partial charge on any atom is 0.234 e. The summed E-state index contributed by atoms with van der Waals surface area (Å²) >= 11 is 3.39. The van der Waals surface area contributed by atoms with E-state index in [1.807, 2.05) is 31.2 Å². The van der Waals surface area contributed by atoms with Gasteiger partial charge in [-0.25, -0.2) is 0 Å². The molecule has 4 nitrogen and oxygen atoms in total. The summed E-state index contributed by atoms with van der Waals surface area (Å²) in [4.78, 5) is 24.1. The highest BCUT2D eigenvalue weighted by molar-refractivity contribution is 9.10. The summed E-state index contributed by atoms with van der Waals surface area (Å²) in [5.74, 6) is -0.817. The number of carbonyl (C=O) groups excluding carboxylic acids is 2. The van der Waals surface area contributed by atoms with E-state index in [1.165, 1.54) is 0 Å². The Balaban J connectivity index is 2.46. The van der Waals surface area contributed by atoms with Gasteiger partial charge in [0, 0.05) is 23.4 Å². The number of halogens is 1. The summed E-state index contributed by atoms with van der Waals surface area (Å²) in [5.41, 5.74) is 0.444. The summed E-state index contributed by atoms with van der Waals surface area (Å²) in [7, 11) is 1.60. The van der Waals surface area contributed by atoms with E-state index in [-0.39, 0.29) is 17.7 Å². The predicted octanol–water partition coefficient (Wildman–Crippen LogP) is 2.62. The van der Waals surface area contributed by atoms with Crippen LogP contribution in [-0.2, 0) is 14.3 Å². The topological polar surface area (TPSA) is 55.4 Å². The van der Waals surface area contributed by atoms with Crippen molar-refractivity contribution in [1.82, 2.24) is 5.32 Å². The quantitative estimate of drug-likeness (QED) is 0.858. The highest BCUT2D eigenvalue weighted by atomic mass is 79.9. The lowest BCUT2D eigenvalue weighted by atomic mass is 9.66. The third-order valence-corrected chi connectivity index (χ3v) is 4.52. The number of ether oxygens (including phenoxy) is 1. The molecule has 2 rings (SSSR count). The van der Waals surface area contributed by atoms with Gasteiger partial charge in [-0.2, -0.15) is 0 Å². The Morgan fingerprint density at radius 2 is 2.00 bits per heavy atom. The SMILES string of the molecule is CCC1(COC)CC(=O)NC(=O)C1c1ccc(Br)cc1. The summed E-state index contributed by atoms with van der Waals surface area (Å²) in [5, 5.41) is 2.44. The van der Waals surface area contributed by atoms with Crippen molar-refractivity contribution in [3.8, 4) is 0 Å². The van der Waals surface area contributed by atoms with Gasteiger partial charge < -0.3 is 4.74 Å². The highest BCUT2D eigenvalue weighted by Gasteiger charge is 2.48. The smallest absolute Gasteiger partial charge is 0.234 e. The Bertz CT molecular complexity index is 514. The van der Waals surface area contributed by atoms with Crippen molar-refractivity contribution >= 4 is 27.7 Å². The van der Waals surface area contributed by atoms with E-state index in [0.717, 1.165) is 10.0 Å². The molecule has 1 aliphatic rings. The van der Waals surface area contributed by atoms with Crippen LogP contribution < -0.4 is 5.32 Å². The van der Waals surface area contributed by atoms with E-state index >= 15 is 0 Å². The lowest BCUT2D eigenvalue weighted by Crippen LogP contribution is -2.52. The van der Waals surface area contributed by atoms with Crippen LogP contribution >= 0.6 is 15.9 Å². The number of imide groups is 1. The fourth-order valence-corrected chi connectivity index (χ4v) is 3.23. The standard InChI is InChI=1S/C15H18BrNO3/c1-3-15(9-20-2)8-12(18)17-14(19)13(15)10-4-6-11(16)7-5-10/h4-7,13H,3,8-9H2,1-2H3,(H,17,18,19). The molecule has 0 radical (unpaired) electrons. The molecule has 108 valence electrons.